The van der Waals surface area contributed by atoms with Crippen molar-refractivity contribution in [2.75, 3.05) is 13.1 Å². The lowest BCUT2D eigenvalue weighted by Gasteiger charge is -2.48. The second kappa shape index (κ2) is 5.61. The summed E-state index contributed by atoms with van der Waals surface area (Å²) in [4.78, 5) is 22.2. The molecule has 0 unspecified atom stereocenters. The number of alkyl halides is 2. The van der Waals surface area contributed by atoms with E-state index in [0.29, 0.717) is 13.1 Å². The van der Waals surface area contributed by atoms with Crippen LogP contribution in [-0.2, 0) is 5.41 Å². The Bertz CT molecular complexity index is 933. The van der Waals surface area contributed by atoms with Crippen LogP contribution in [0, 0.1) is 0 Å². The molecule has 5 nitrogen and oxygen atoms in total. The first kappa shape index (κ1) is 15.7. The maximum absolute atomic E-state index is 13.4. The van der Waals surface area contributed by atoms with Crippen LogP contribution in [-0.4, -0.2) is 38.3 Å². The number of nitrogens with zero attached hydrogens (tertiary/aromatic N) is 4. The van der Waals surface area contributed by atoms with Crippen LogP contribution in [0.1, 0.15) is 35.1 Å². The molecule has 3 heterocycles. The van der Waals surface area contributed by atoms with Gasteiger partial charge in [-0.25, -0.2) is 13.8 Å². The van der Waals surface area contributed by atoms with Crippen molar-refractivity contribution in [3.05, 3.63) is 65.9 Å². The van der Waals surface area contributed by atoms with E-state index in [1.165, 1.54) is 23.0 Å². The Labute approximate surface area is 142 Å². The van der Waals surface area contributed by atoms with Gasteiger partial charge in [0.1, 0.15) is 11.4 Å². The first-order valence-corrected chi connectivity index (χ1v) is 7.94. The minimum absolute atomic E-state index is 0.0810. The van der Waals surface area contributed by atoms with Crippen molar-refractivity contribution in [1.29, 1.82) is 0 Å². The van der Waals surface area contributed by atoms with Gasteiger partial charge < -0.3 is 4.90 Å². The SMILES string of the molecule is CC1(c2ccccc2)CN(C(=O)c2c(C(F)F)nc3cnccn23)C1. The summed E-state index contributed by atoms with van der Waals surface area (Å²) < 4.78 is 28.1. The number of carbonyl (C=O) groups is 1. The van der Waals surface area contributed by atoms with Crippen LogP contribution in [0.25, 0.3) is 5.65 Å². The van der Waals surface area contributed by atoms with Crippen molar-refractivity contribution in [1.82, 2.24) is 19.3 Å². The standard InChI is InChI=1S/C18H16F2N4O/c1-18(12-5-3-2-4-6-12)10-23(11-18)17(25)15-14(16(19)20)22-13-9-21-7-8-24(13)15/h2-9,16H,10-11H2,1H3. The zero-order valence-corrected chi connectivity index (χ0v) is 13.6. The fourth-order valence-corrected chi connectivity index (χ4v) is 3.40. The fraction of sp³-hybridized carbons (Fsp3) is 0.278. The van der Waals surface area contributed by atoms with Gasteiger partial charge in [-0.3, -0.25) is 14.2 Å². The number of carbonyl (C=O) groups excluding carboxylic acids is 1. The van der Waals surface area contributed by atoms with Gasteiger partial charge in [0.05, 0.1) is 6.20 Å². The van der Waals surface area contributed by atoms with Gasteiger partial charge in [0.15, 0.2) is 5.65 Å². The highest BCUT2D eigenvalue weighted by molar-refractivity contribution is 5.95. The number of fused-ring (bicyclic) bond motifs is 1. The molecular weight excluding hydrogens is 326 g/mol. The van der Waals surface area contributed by atoms with Gasteiger partial charge in [-0.15, -0.1) is 0 Å². The highest BCUT2D eigenvalue weighted by Gasteiger charge is 2.44. The van der Waals surface area contributed by atoms with Gasteiger partial charge in [0.2, 0.25) is 0 Å². The van der Waals surface area contributed by atoms with E-state index in [9.17, 15) is 13.6 Å². The van der Waals surface area contributed by atoms with Gasteiger partial charge >= 0.3 is 0 Å². The fourth-order valence-electron chi connectivity index (χ4n) is 3.40. The van der Waals surface area contributed by atoms with Crippen molar-refractivity contribution in [3.63, 3.8) is 0 Å². The largest absolute Gasteiger partial charge is 0.335 e. The number of hydrogen-bond acceptors (Lipinski definition) is 3. The Morgan fingerprint density at radius 2 is 1.96 bits per heavy atom. The minimum atomic E-state index is -2.82. The number of aromatic nitrogens is 3. The molecule has 0 aliphatic carbocycles. The summed E-state index contributed by atoms with van der Waals surface area (Å²) in [5, 5.41) is 0. The number of rotatable bonds is 3. The predicted molar refractivity (Wildman–Crippen MR) is 87.6 cm³/mol. The molecule has 7 heteroatoms. The normalized spacial score (nSPS) is 16.2. The van der Waals surface area contributed by atoms with E-state index < -0.39 is 18.0 Å². The topological polar surface area (TPSA) is 50.5 Å². The van der Waals surface area contributed by atoms with Crippen LogP contribution in [0.15, 0.2) is 48.9 Å². The smallest absolute Gasteiger partial charge is 0.282 e. The Hall–Kier alpha value is -2.83. The van der Waals surface area contributed by atoms with Crippen LogP contribution in [0.3, 0.4) is 0 Å². The van der Waals surface area contributed by atoms with E-state index in [1.54, 1.807) is 4.90 Å². The predicted octanol–water partition coefficient (Wildman–Crippen LogP) is 3.08. The van der Waals surface area contributed by atoms with Gasteiger partial charge in [-0.2, -0.15) is 0 Å². The molecule has 1 aliphatic rings. The summed E-state index contributed by atoms with van der Waals surface area (Å²) in [5.74, 6) is -0.428. The Morgan fingerprint density at radius 1 is 1.24 bits per heavy atom. The average Bonchev–Trinajstić information content (AvgIpc) is 2.99. The molecule has 1 aromatic carbocycles. The van der Waals surface area contributed by atoms with E-state index in [-0.39, 0.29) is 16.8 Å². The van der Waals surface area contributed by atoms with E-state index in [0.717, 1.165) is 5.56 Å². The van der Waals surface area contributed by atoms with Crippen LogP contribution < -0.4 is 0 Å². The van der Waals surface area contributed by atoms with E-state index >= 15 is 0 Å². The number of likely N-dealkylation sites (tertiary alicyclic amines) is 1. The summed E-state index contributed by atoms with van der Waals surface area (Å²) in [6.07, 6.45) is 1.48. The molecule has 0 radical (unpaired) electrons. The second-order valence-electron chi connectivity index (χ2n) is 6.54. The molecule has 1 amide bonds. The summed E-state index contributed by atoms with van der Waals surface area (Å²) in [5.41, 5.74) is 0.640. The highest BCUT2D eigenvalue weighted by atomic mass is 19.3. The van der Waals surface area contributed by atoms with E-state index in [4.69, 9.17) is 0 Å². The lowest BCUT2D eigenvalue weighted by atomic mass is 9.75. The summed E-state index contributed by atoms with van der Waals surface area (Å²) in [6.45, 7) is 3.03. The first-order valence-electron chi connectivity index (χ1n) is 7.94. The molecule has 2 aromatic heterocycles. The lowest BCUT2D eigenvalue weighted by molar-refractivity contribution is 0.0417. The third-order valence-electron chi connectivity index (χ3n) is 4.70. The number of benzene rings is 1. The highest BCUT2D eigenvalue weighted by Crippen LogP contribution is 2.36. The maximum atomic E-state index is 13.4. The molecule has 1 saturated heterocycles. The van der Waals surface area contributed by atoms with Crippen molar-refractivity contribution >= 4 is 11.6 Å². The lowest BCUT2D eigenvalue weighted by Crippen LogP contribution is -2.59. The van der Waals surface area contributed by atoms with Crippen molar-refractivity contribution in [2.24, 2.45) is 0 Å². The number of halogens is 2. The number of imidazole rings is 1. The van der Waals surface area contributed by atoms with Crippen molar-refractivity contribution < 1.29 is 13.6 Å². The molecule has 0 bridgehead atoms. The van der Waals surface area contributed by atoms with Crippen LogP contribution in [0.4, 0.5) is 8.78 Å². The third kappa shape index (κ3) is 2.47. The minimum Gasteiger partial charge on any atom is -0.335 e. The zero-order valence-electron chi connectivity index (χ0n) is 13.6. The molecule has 1 aliphatic heterocycles. The Balaban J connectivity index is 1.65. The van der Waals surface area contributed by atoms with Gasteiger partial charge in [0.25, 0.3) is 12.3 Å². The van der Waals surface area contributed by atoms with Crippen molar-refractivity contribution in [2.45, 2.75) is 18.8 Å². The molecule has 0 saturated carbocycles. The van der Waals surface area contributed by atoms with Crippen molar-refractivity contribution in [3.8, 4) is 0 Å². The van der Waals surface area contributed by atoms with Gasteiger partial charge in [-0.1, -0.05) is 37.3 Å². The van der Waals surface area contributed by atoms with Gasteiger partial charge in [-0.05, 0) is 5.56 Å². The molecular formula is C18H16F2N4O. The Morgan fingerprint density at radius 3 is 2.64 bits per heavy atom. The summed E-state index contributed by atoms with van der Waals surface area (Å²) in [7, 11) is 0. The van der Waals surface area contributed by atoms with Crippen LogP contribution >= 0.6 is 0 Å². The van der Waals surface area contributed by atoms with Crippen LogP contribution in [0.2, 0.25) is 0 Å². The zero-order chi connectivity index (χ0) is 17.6. The molecule has 128 valence electrons. The third-order valence-corrected chi connectivity index (χ3v) is 4.70. The molecule has 0 N–H and O–H groups in total. The summed E-state index contributed by atoms with van der Waals surface area (Å²) in [6, 6.07) is 9.89. The quantitative estimate of drug-likeness (QED) is 0.735. The van der Waals surface area contributed by atoms with E-state index in [1.807, 2.05) is 30.3 Å². The second-order valence-corrected chi connectivity index (χ2v) is 6.54. The molecule has 0 atom stereocenters. The molecule has 0 spiro atoms. The number of amides is 1. The average molecular weight is 342 g/mol. The van der Waals surface area contributed by atoms with Gasteiger partial charge in [0, 0.05) is 30.9 Å². The summed E-state index contributed by atoms with van der Waals surface area (Å²) >= 11 is 0. The molecule has 1 fully saturated rings. The van der Waals surface area contributed by atoms with Crippen LogP contribution in [0.5, 0.6) is 0 Å². The Kier molecular flexibility index (Phi) is 3.52. The molecule has 4 rings (SSSR count). The van der Waals surface area contributed by atoms with E-state index in [2.05, 4.69) is 16.9 Å². The molecule has 3 aromatic rings. The molecule has 25 heavy (non-hydrogen) atoms. The number of hydrogen-bond donors (Lipinski definition) is 0. The maximum Gasteiger partial charge on any atom is 0.282 e. The first-order chi connectivity index (χ1) is 12.0. The monoisotopic (exact) mass is 342 g/mol.